The molecule has 0 spiro atoms. The lowest BCUT2D eigenvalue weighted by molar-refractivity contribution is -0.117. The van der Waals surface area contributed by atoms with Crippen molar-refractivity contribution in [3.8, 4) is 0 Å². The van der Waals surface area contributed by atoms with E-state index in [0.717, 1.165) is 38.7 Å². The van der Waals surface area contributed by atoms with E-state index in [2.05, 4.69) is 5.32 Å². The Hall–Kier alpha value is -3.65. The fourth-order valence-corrected chi connectivity index (χ4v) is 5.92. The number of carbonyl (C=O) groups excluding carboxylic acids is 2. The minimum Gasteiger partial charge on any atom is -0.325 e. The Morgan fingerprint density at radius 2 is 1.58 bits per heavy atom. The quantitative estimate of drug-likeness (QED) is 0.496. The second kappa shape index (κ2) is 10.1. The molecule has 1 aliphatic heterocycles. The summed E-state index contributed by atoms with van der Waals surface area (Å²) in [6.45, 7) is 7.86. The number of benzene rings is 3. The van der Waals surface area contributed by atoms with Gasteiger partial charge in [-0.1, -0.05) is 23.8 Å². The predicted octanol–water partition coefficient (Wildman–Crippen LogP) is 4.88. The highest BCUT2D eigenvalue weighted by atomic mass is 32.2. The Morgan fingerprint density at radius 1 is 0.917 bits per heavy atom. The van der Waals surface area contributed by atoms with Crippen LogP contribution in [-0.4, -0.2) is 33.3 Å². The van der Waals surface area contributed by atoms with E-state index in [-0.39, 0.29) is 17.3 Å². The first-order valence-electron chi connectivity index (χ1n) is 11.9. The van der Waals surface area contributed by atoms with E-state index >= 15 is 0 Å². The SMILES string of the molecule is Cc1ccc(S(=O)(=O)N(CC(=O)Nc2ccc(N3CCCC3=O)c(C)c2)c2cc(C)cc(C)c2)cc1. The van der Waals surface area contributed by atoms with Gasteiger partial charge in [0.05, 0.1) is 10.6 Å². The normalized spacial score (nSPS) is 13.7. The third kappa shape index (κ3) is 5.44. The topological polar surface area (TPSA) is 86.8 Å². The van der Waals surface area contributed by atoms with Gasteiger partial charge < -0.3 is 10.2 Å². The number of aryl methyl sites for hydroxylation is 4. The van der Waals surface area contributed by atoms with Crippen LogP contribution in [0.4, 0.5) is 17.1 Å². The van der Waals surface area contributed by atoms with E-state index in [9.17, 15) is 18.0 Å². The summed E-state index contributed by atoms with van der Waals surface area (Å²) in [5.74, 6) is -0.366. The van der Waals surface area contributed by atoms with Crippen LogP contribution in [-0.2, 0) is 19.6 Å². The van der Waals surface area contributed by atoms with Crippen LogP contribution in [0.15, 0.2) is 65.6 Å². The van der Waals surface area contributed by atoms with E-state index in [4.69, 9.17) is 0 Å². The lowest BCUT2D eigenvalue weighted by Crippen LogP contribution is -2.38. The zero-order valence-electron chi connectivity index (χ0n) is 21.0. The molecule has 0 aliphatic carbocycles. The zero-order valence-corrected chi connectivity index (χ0v) is 21.9. The van der Waals surface area contributed by atoms with Crippen LogP contribution in [0.5, 0.6) is 0 Å². The van der Waals surface area contributed by atoms with Crippen LogP contribution in [0.25, 0.3) is 0 Å². The number of nitrogens with zero attached hydrogens (tertiary/aromatic N) is 2. The van der Waals surface area contributed by atoms with Gasteiger partial charge in [0.15, 0.2) is 0 Å². The first-order chi connectivity index (χ1) is 17.0. The first kappa shape index (κ1) is 25.4. The van der Waals surface area contributed by atoms with Gasteiger partial charge in [-0.25, -0.2) is 8.42 Å². The molecule has 0 atom stereocenters. The van der Waals surface area contributed by atoms with Crippen LogP contribution in [0.2, 0.25) is 0 Å². The second-order valence-corrected chi connectivity index (χ2v) is 11.2. The molecule has 188 valence electrons. The third-order valence-electron chi connectivity index (χ3n) is 6.24. The monoisotopic (exact) mass is 505 g/mol. The van der Waals surface area contributed by atoms with Gasteiger partial charge in [0.2, 0.25) is 11.8 Å². The summed E-state index contributed by atoms with van der Waals surface area (Å²) in [4.78, 5) is 27.1. The molecule has 4 rings (SSSR count). The molecule has 0 radical (unpaired) electrons. The molecule has 0 saturated carbocycles. The van der Waals surface area contributed by atoms with Crippen molar-refractivity contribution in [2.45, 2.75) is 45.4 Å². The molecule has 2 amide bonds. The van der Waals surface area contributed by atoms with E-state index < -0.39 is 15.9 Å². The zero-order chi connectivity index (χ0) is 26.0. The molecule has 3 aromatic carbocycles. The molecule has 36 heavy (non-hydrogen) atoms. The predicted molar refractivity (Wildman–Crippen MR) is 143 cm³/mol. The molecule has 8 heteroatoms. The van der Waals surface area contributed by atoms with Crippen LogP contribution in [0, 0.1) is 27.7 Å². The molecule has 1 heterocycles. The molecule has 1 fully saturated rings. The maximum atomic E-state index is 13.6. The standard InChI is InChI=1S/C28H31N3O4S/c1-19-7-10-25(11-8-19)36(34,35)31(24-15-20(2)14-21(3)16-24)18-27(32)29-23-9-12-26(22(4)17-23)30-13-5-6-28(30)33/h7-12,14-17H,5-6,13,18H2,1-4H3,(H,29,32). The molecule has 0 aromatic heterocycles. The highest BCUT2D eigenvalue weighted by molar-refractivity contribution is 7.92. The summed E-state index contributed by atoms with van der Waals surface area (Å²) < 4.78 is 28.4. The van der Waals surface area contributed by atoms with Crippen molar-refractivity contribution >= 4 is 38.9 Å². The van der Waals surface area contributed by atoms with Crippen molar-refractivity contribution in [3.63, 3.8) is 0 Å². The van der Waals surface area contributed by atoms with Gasteiger partial charge in [0.25, 0.3) is 10.0 Å². The van der Waals surface area contributed by atoms with Gasteiger partial charge in [-0.2, -0.15) is 0 Å². The highest BCUT2D eigenvalue weighted by Crippen LogP contribution is 2.29. The molecule has 1 aliphatic rings. The summed E-state index contributed by atoms with van der Waals surface area (Å²) in [6.07, 6.45) is 1.38. The van der Waals surface area contributed by atoms with E-state index in [0.29, 0.717) is 24.3 Å². The minimum absolute atomic E-state index is 0.0975. The molecule has 3 aromatic rings. The Bertz CT molecular complexity index is 1390. The Labute approximate surface area is 212 Å². The molecule has 0 unspecified atom stereocenters. The summed E-state index contributed by atoms with van der Waals surface area (Å²) in [6, 6.07) is 17.4. The summed E-state index contributed by atoms with van der Waals surface area (Å²) in [7, 11) is -4.00. The van der Waals surface area contributed by atoms with Crippen LogP contribution in [0.3, 0.4) is 0 Å². The molecule has 1 saturated heterocycles. The van der Waals surface area contributed by atoms with Gasteiger partial charge in [-0.3, -0.25) is 13.9 Å². The maximum absolute atomic E-state index is 13.6. The highest BCUT2D eigenvalue weighted by Gasteiger charge is 2.28. The van der Waals surface area contributed by atoms with Crippen LogP contribution < -0.4 is 14.5 Å². The largest absolute Gasteiger partial charge is 0.325 e. The maximum Gasteiger partial charge on any atom is 0.264 e. The number of anilines is 3. The van der Waals surface area contributed by atoms with Crippen molar-refractivity contribution in [1.82, 2.24) is 0 Å². The van der Waals surface area contributed by atoms with Crippen molar-refractivity contribution in [1.29, 1.82) is 0 Å². The molecule has 1 N–H and O–H groups in total. The van der Waals surface area contributed by atoms with Crippen molar-refractivity contribution in [2.75, 3.05) is 27.6 Å². The van der Waals surface area contributed by atoms with Crippen LogP contribution >= 0.6 is 0 Å². The van der Waals surface area contributed by atoms with E-state index in [1.54, 1.807) is 53.4 Å². The molecule has 7 nitrogen and oxygen atoms in total. The van der Waals surface area contributed by atoms with Gasteiger partial charge >= 0.3 is 0 Å². The number of rotatable bonds is 7. The van der Waals surface area contributed by atoms with Crippen molar-refractivity contribution in [3.05, 3.63) is 82.9 Å². The van der Waals surface area contributed by atoms with Gasteiger partial charge in [-0.15, -0.1) is 0 Å². The molecule has 0 bridgehead atoms. The van der Waals surface area contributed by atoms with Gasteiger partial charge in [0, 0.05) is 24.3 Å². The Balaban J connectivity index is 1.61. The number of nitrogens with one attached hydrogen (secondary N) is 1. The second-order valence-electron chi connectivity index (χ2n) is 9.37. The summed E-state index contributed by atoms with van der Waals surface area (Å²) in [5.41, 5.74) is 5.41. The lowest BCUT2D eigenvalue weighted by Gasteiger charge is -2.25. The number of carbonyl (C=O) groups is 2. The smallest absolute Gasteiger partial charge is 0.264 e. The van der Waals surface area contributed by atoms with Crippen molar-refractivity contribution < 1.29 is 18.0 Å². The van der Waals surface area contributed by atoms with Gasteiger partial charge in [-0.05, 0) is 93.3 Å². The minimum atomic E-state index is -4.00. The number of sulfonamides is 1. The van der Waals surface area contributed by atoms with Crippen molar-refractivity contribution in [2.24, 2.45) is 0 Å². The third-order valence-corrected chi connectivity index (χ3v) is 8.02. The molecular formula is C28H31N3O4S. The lowest BCUT2D eigenvalue weighted by atomic mass is 10.1. The summed E-state index contributed by atoms with van der Waals surface area (Å²) >= 11 is 0. The molecular weight excluding hydrogens is 474 g/mol. The van der Waals surface area contributed by atoms with E-state index in [1.165, 1.54) is 0 Å². The Morgan fingerprint density at radius 3 is 2.17 bits per heavy atom. The van der Waals surface area contributed by atoms with E-state index in [1.807, 2.05) is 39.8 Å². The average Bonchev–Trinajstić information content (AvgIpc) is 3.22. The number of hydrogen-bond donors (Lipinski definition) is 1. The summed E-state index contributed by atoms with van der Waals surface area (Å²) in [5, 5.41) is 2.83. The van der Waals surface area contributed by atoms with Gasteiger partial charge in [0.1, 0.15) is 6.54 Å². The Kier molecular flexibility index (Phi) is 7.17. The van der Waals surface area contributed by atoms with Crippen LogP contribution in [0.1, 0.15) is 35.1 Å². The number of hydrogen-bond acceptors (Lipinski definition) is 4. The fourth-order valence-electron chi connectivity index (χ4n) is 4.52. The number of amides is 2. The average molecular weight is 506 g/mol. The fraction of sp³-hybridized carbons (Fsp3) is 0.286. The first-order valence-corrected chi connectivity index (χ1v) is 13.4.